The molecular weight excluding hydrogens is 242 g/mol. The van der Waals surface area contributed by atoms with Crippen LogP contribution in [0, 0.1) is 11.3 Å². The van der Waals surface area contributed by atoms with E-state index >= 15 is 0 Å². The lowest BCUT2D eigenvalue weighted by atomic mass is 10.1. The standard InChI is InChI=1S/C14H13N3O2/c15-8-12-3-1-11(2-4-12)5-6-17-10-16-9-13(17)7-14(18)19/h1-4,9-10H,5-7H2,(H,18,19). The van der Waals surface area contributed by atoms with E-state index in [1.807, 2.05) is 16.7 Å². The fraction of sp³-hybridized carbons (Fsp3) is 0.214. The SMILES string of the molecule is N#Cc1ccc(CCn2cncc2CC(=O)O)cc1. The number of carbonyl (C=O) groups is 1. The topological polar surface area (TPSA) is 78.9 Å². The number of hydrogen-bond donors (Lipinski definition) is 1. The fourth-order valence-corrected chi connectivity index (χ4v) is 1.85. The molecule has 5 nitrogen and oxygen atoms in total. The van der Waals surface area contributed by atoms with E-state index < -0.39 is 5.97 Å². The number of carboxylic acids is 1. The van der Waals surface area contributed by atoms with Gasteiger partial charge in [-0.15, -0.1) is 0 Å². The van der Waals surface area contributed by atoms with Crippen LogP contribution in [0.1, 0.15) is 16.8 Å². The minimum Gasteiger partial charge on any atom is -0.481 e. The average Bonchev–Trinajstić information content (AvgIpc) is 2.83. The van der Waals surface area contributed by atoms with Crippen LogP contribution in [-0.2, 0) is 24.2 Å². The second kappa shape index (κ2) is 5.83. The minimum atomic E-state index is -0.861. The summed E-state index contributed by atoms with van der Waals surface area (Å²) in [6, 6.07) is 9.45. The number of nitriles is 1. The first-order chi connectivity index (χ1) is 9.19. The van der Waals surface area contributed by atoms with Crippen LogP contribution in [0.5, 0.6) is 0 Å². The van der Waals surface area contributed by atoms with Crippen molar-refractivity contribution < 1.29 is 9.90 Å². The maximum atomic E-state index is 10.7. The highest BCUT2D eigenvalue weighted by Crippen LogP contribution is 2.07. The number of rotatable bonds is 5. The molecule has 0 aliphatic heterocycles. The van der Waals surface area contributed by atoms with Gasteiger partial charge in [-0.2, -0.15) is 5.26 Å². The first-order valence-corrected chi connectivity index (χ1v) is 5.89. The molecule has 0 atom stereocenters. The molecule has 0 spiro atoms. The fourth-order valence-electron chi connectivity index (χ4n) is 1.85. The lowest BCUT2D eigenvalue weighted by molar-refractivity contribution is -0.136. The molecule has 96 valence electrons. The van der Waals surface area contributed by atoms with Gasteiger partial charge in [-0.25, -0.2) is 4.98 Å². The maximum Gasteiger partial charge on any atom is 0.309 e. The smallest absolute Gasteiger partial charge is 0.309 e. The molecule has 1 aromatic heterocycles. The molecule has 0 saturated carbocycles. The summed E-state index contributed by atoms with van der Waals surface area (Å²) in [5, 5.41) is 17.5. The molecule has 1 heterocycles. The molecule has 0 unspecified atom stereocenters. The van der Waals surface area contributed by atoms with Crippen LogP contribution in [0.4, 0.5) is 0 Å². The van der Waals surface area contributed by atoms with E-state index in [0.717, 1.165) is 12.0 Å². The highest BCUT2D eigenvalue weighted by Gasteiger charge is 2.06. The van der Waals surface area contributed by atoms with Gasteiger partial charge in [-0.05, 0) is 24.1 Å². The molecule has 0 aliphatic rings. The van der Waals surface area contributed by atoms with Crippen molar-refractivity contribution in [2.24, 2.45) is 0 Å². The molecule has 19 heavy (non-hydrogen) atoms. The van der Waals surface area contributed by atoms with Gasteiger partial charge in [0.25, 0.3) is 0 Å². The van der Waals surface area contributed by atoms with Crippen LogP contribution in [-0.4, -0.2) is 20.6 Å². The van der Waals surface area contributed by atoms with Crippen LogP contribution in [0.3, 0.4) is 0 Å². The van der Waals surface area contributed by atoms with Gasteiger partial charge in [0.05, 0.1) is 24.4 Å². The van der Waals surface area contributed by atoms with Crippen molar-refractivity contribution in [2.75, 3.05) is 0 Å². The monoisotopic (exact) mass is 255 g/mol. The van der Waals surface area contributed by atoms with Gasteiger partial charge in [0, 0.05) is 18.4 Å². The van der Waals surface area contributed by atoms with E-state index in [1.54, 1.807) is 24.7 Å². The third kappa shape index (κ3) is 3.42. The summed E-state index contributed by atoms with van der Waals surface area (Å²) in [6.45, 7) is 0.675. The Bertz CT molecular complexity index is 608. The van der Waals surface area contributed by atoms with E-state index in [-0.39, 0.29) is 6.42 Å². The Kier molecular flexibility index (Phi) is 3.94. The summed E-state index contributed by atoms with van der Waals surface area (Å²) in [6.07, 6.45) is 3.97. The number of aryl methyl sites for hydroxylation is 2. The Labute approximate surface area is 110 Å². The molecule has 1 N–H and O–H groups in total. The second-order valence-corrected chi connectivity index (χ2v) is 4.21. The van der Waals surface area contributed by atoms with Crippen LogP contribution >= 0.6 is 0 Å². The molecule has 0 radical (unpaired) electrons. The molecule has 2 rings (SSSR count). The average molecular weight is 255 g/mol. The molecule has 2 aromatic rings. The number of hydrogen-bond acceptors (Lipinski definition) is 3. The van der Waals surface area contributed by atoms with Gasteiger partial charge < -0.3 is 9.67 Å². The van der Waals surface area contributed by atoms with Gasteiger partial charge in [0.2, 0.25) is 0 Å². The van der Waals surface area contributed by atoms with Crippen LogP contribution in [0.15, 0.2) is 36.8 Å². The highest BCUT2D eigenvalue weighted by atomic mass is 16.4. The minimum absolute atomic E-state index is 0.0205. The molecule has 0 amide bonds. The quantitative estimate of drug-likeness (QED) is 0.880. The lowest BCUT2D eigenvalue weighted by Crippen LogP contribution is -2.09. The zero-order chi connectivity index (χ0) is 13.7. The van der Waals surface area contributed by atoms with Gasteiger partial charge in [0.1, 0.15) is 0 Å². The number of nitrogens with zero attached hydrogens (tertiary/aromatic N) is 3. The Balaban J connectivity index is 2.00. The molecule has 0 aliphatic carbocycles. The third-order valence-electron chi connectivity index (χ3n) is 2.86. The number of aromatic nitrogens is 2. The predicted octanol–water partition coefficient (Wildman–Crippen LogP) is 1.62. The van der Waals surface area contributed by atoms with Crippen LogP contribution < -0.4 is 0 Å². The van der Waals surface area contributed by atoms with Gasteiger partial charge >= 0.3 is 5.97 Å². The van der Waals surface area contributed by atoms with Crippen molar-refractivity contribution in [2.45, 2.75) is 19.4 Å². The Hall–Kier alpha value is -2.61. The van der Waals surface area contributed by atoms with E-state index in [2.05, 4.69) is 11.1 Å². The second-order valence-electron chi connectivity index (χ2n) is 4.21. The Morgan fingerprint density at radius 3 is 2.74 bits per heavy atom. The van der Waals surface area contributed by atoms with Crippen molar-refractivity contribution in [3.05, 3.63) is 53.6 Å². The largest absolute Gasteiger partial charge is 0.481 e. The molecular formula is C14H13N3O2. The molecule has 5 heteroatoms. The number of aliphatic carboxylic acids is 1. The van der Waals surface area contributed by atoms with Crippen LogP contribution in [0.2, 0.25) is 0 Å². The molecule has 0 bridgehead atoms. The van der Waals surface area contributed by atoms with Crippen molar-refractivity contribution in [3.8, 4) is 6.07 Å². The Morgan fingerprint density at radius 1 is 1.37 bits per heavy atom. The summed E-state index contributed by atoms with van der Waals surface area (Å²) in [7, 11) is 0. The van der Waals surface area contributed by atoms with Crippen molar-refractivity contribution in [3.63, 3.8) is 0 Å². The zero-order valence-corrected chi connectivity index (χ0v) is 10.3. The van der Waals surface area contributed by atoms with E-state index in [0.29, 0.717) is 17.8 Å². The van der Waals surface area contributed by atoms with E-state index in [1.165, 1.54) is 0 Å². The summed E-state index contributed by atoms with van der Waals surface area (Å²) >= 11 is 0. The third-order valence-corrected chi connectivity index (χ3v) is 2.86. The summed E-state index contributed by atoms with van der Waals surface area (Å²) < 4.78 is 1.84. The zero-order valence-electron chi connectivity index (χ0n) is 10.3. The van der Waals surface area contributed by atoms with Crippen molar-refractivity contribution in [1.82, 2.24) is 9.55 Å². The molecule has 0 saturated heterocycles. The van der Waals surface area contributed by atoms with Gasteiger partial charge in [0.15, 0.2) is 0 Å². The van der Waals surface area contributed by atoms with E-state index in [9.17, 15) is 4.79 Å². The highest BCUT2D eigenvalue weighted by molar-refractivity contribution is 5.69. The molecule has 1 aromatic carbocycles. The lowest BCUT2D eigenvalue weighted by Gasteiger charge is -2.06. The van der Waals surface area contributed by atoms with Crippen LogP contribution in [0.25, 0.3) is 0 Å². The van der Waals surface area contributed by atoms with Gasteiger partial charge in [-0.3, -0.25) is 4.79 Å². The Morgan fingerprint density at radius 2 is 2.11 bits per heavy atom. The first kappa shape index (κ1) is 12.8. The van der Waals surface area contributed by atoms with E-state index in [4.69, 9.17) is 10.4 Å². The van der Waals surface area contributed by atoms with Crippen molar-refractivity contribution in [1.29, 1.82) is 5.26 Å². The van der Waals surface area contributed by atoms with Gasteiger partial charge in [-0.1, -0.05) is 12.1 Å². The van der Waals surface area contributed by atoms with Crippen molar-refractivity contribution >= 4 is 5.97 Å². The predicted molar refractivity (Wildman–Crippen MR) is 68.4 cm³/mol. The first-order valence-electron chi connectivity index (χ1n) is 5.89. The normalized spacial score (nSPS) is 10.1. The number of carboxylic acid groups (broad SMARTS) is 1. The maximum absolute atomic E-state index is 10.7. The molecule has 0 fully saturated rings. The number of imidazole rings is 1. The number of benzene rings is 1. The summed E-state index contributed by atoms with van der Waals surface area (Å²) in [4.78, 5) is 14.7. The summed E-state index contributed by atoms with van der Waals surface area (Å²) in [5.74, 6) is -0.861. The summed E-state index contributed by atoms with van der Waals surface area (Å²) in [5.41, 5.74) is 2.44.